The predicted molar refractivity (Wildman–Crippen MR) is 108 cm³/mol. The van der Waals surface area contributed by atoms with Crippen molar-refractivity contribution in [3.8, 4) is 0 Å². The molecule has 8 heteroatoms. The topological polar surface area (TPSA) is 46.2 Å². The third-order valence-corrected chi connectivity index (χ3v) is 8.14. The van der Waals surface area contributed by atoms with Crippen LogP contribution in [-0.2, 0) is 30.2 Å². The lowest BCUT2D eigenvalue weighted by Gasteiger charge is -2.60. The maximum absolute atomic E-state index is 12.9. The molecule has 0 amide bonds. The molecule has 4 heterocycles. The molecule has 5 nitrogen and oxygen atoms in total. The number of halogens is 3. The molecule has 1 spiro atoms. The molecule has 0 radical (unpaired) electrons. The smallest absolute Gasteiger partial charge is 0.345 e. The molecule has 9 atom stereocenters. The van der Waals surface area contributed by atoms with Crippen molar-refractivity contribution >= 4 is 0 Å². The first-order chi connectivity index (χ1) is 15.0. The Hall–Kier alpha value is -1.19. The summed E-state index contributed by atoms with van der Waals surface area (Å²) in [6.45, 7) is 8.06. The van der Waals surface area contributed by atoms with E-state index in [9.17, 15) is 13.2 Å². The van der Waals surface area contributed by atoms with Crippen LogP contribution in [-0.4, -0.2) is 24.0 Å². The highest BCUT2D eigenvalue weighted by Gasteiger charge is 2.69. The van der Waals surface area contributed by atoms with Gasteiger partial charge in [0, 0.05) is 18.3 Å². The van der Waals surface area contributed by atoms with Gasteiger partial charge in [0.1, 0.15) is 0 Å². The van der Waals surface area contributed by atoms with Crippen molar-refractivity contribution < 1.29 is 37.2 Å². The zero-order valence-corrected chi connectivity index (χ0v) is 18.9. The number of rotatable bonds is 3. The van der Waals surface area contributed by atoms with Gasteiger partial charge in [-0.15, -0.1) is 0 Å². The zero-order valence-electron chi connectivity index (χ0n) is 18.9. The van der Waals surface area contributed by atoms with Crippen molar-refractivity contribution in [2.45, 2.75) is 89.6 Å². The van der Waals surface area contributed by atoms with Gasteiger partial charge in [0.15, 0.2) is 18.2 Å². The van der Waals surface area contributed by atoms with Crippen LogP contribution in [0.4, 0.5) is 13.2 Å². The highest BCUT2D eigenvalue weighted by Crippen LogP contribution is 2.60. The molecule has 1 unspecified atom stereocenters. The van der Waals surface area contributed by atoms with Gasteiger partial charge in [0.2, 0.25) is 5.79 Å². The summed E-state index contributed by atoms with van der Waals surface area (Å²) < 4.78 is 57.7. The van der Waals surface area contributed by atoms with Gasteiger partial charge in [-0.05, 0) is 62.6 Å². The second-order valence-electron chi connectivity index (χ2n) is 10.2. The molecule has 178 valence electrons. The van der Waals surface area contributed by atoms with Gasteiger partial charge in [-0.3, -0.25) is 0 Å². The van der Waals surface area contributed by atoms with Crippen molar-refractivity contribution in [3.63, 3.8) is 0 Å². The molecular formula is C24H31F3O5. The Kier molecular flexibility index (Phi) is 5.41. The molecule has 32 heavy (non-hydrogen) atoms. The first-order valence-electron chi connectivity index (χ1n) is 11.6. The molecule has 1 aromatic carbocycles. The molecule has 5 aliphatic rings. The van der Waals surface area contributed by atoms with Crippen LogP contribution in [0.1, 0.15) is 70.6 Å². The van der Waals surface area contributed by atoms with Crippen LogP contribution in [0.2, 0.25) is 0 Å². The van der Waals surface area contributed by atoms with E-state index in [2.05, 4.69) is 13.8 Å². The molecule has 1 saturated carbocycles. The third kappa shape index (κ3) is 3.50. The van der Waals surface area contributed by atoms with Crippen LogP contribution in [0.25, 0.3) is 0 Å². The number of hydrogen-bond donors (Lipinski definition) is 0. The van der Waals surface area contributed by atoms with E-state index < -0.39 is 41.8 Å². The Balaban J connectivity index is 1.38. The van der Waals surface area contributed by atoms with E-state index in [1.54, 1.807) is 0 Å². The molecule has 4 saturated heterocycles. The minimum atomic E-state index is -4.36. The lowest BCUT2D eigenvalue weighted by molar-refractivity contribution is -0.578. The number of benzene rings is 1. The maximum atomic E-state index is 12.9. The Morgan fingerprint density at radius 1 is 1.03 bits per heavy atom. The van der Waals surface area contributed by atoms with E-state index in [0.29, 0.717) is 11.5 Å². The average molecular weight is 457 g/mol. The van der Waals surface area contributed by atoms with Gasteiger partial charge < -0.3 is 14.2 Å². The summed E-state index contributed by atoms with van der Waals surface area (Å²) in [5.74, 6) is 0.0246. The summed E-state index contributed by atoms with van der Waals surface area (Å²) in [5.41, 5.74) is -0.669. The van der Waals surface area contributed by atoms with Crippen molar-refractivity contribution in [3.05, 3.63) is 35.4 Å². The minimum absolute atomic E-state index is 0.00723. The molecule has 5 fully saturated rings. The van der Waals surface area contributed by atoms with E-state index in [1.165, 1.54) is 12.1 Å². The molecule has 1 aromatic rings. The van der Waals surface area contributed by atoms with E-state index in [1.807, 2.05) is 13.8 Å². The Labute approximate surface area is 186 Å². The largest absolute Gasteiger partial charge is 0.416 e. The van der Waals surface area contributed by atoms with Crippen molar-refractivity contribution in [1.29, 1.82) is 0 Å². The lowest BCUT2D eigenvalue weighted by atomic mass is 9.58. The minimum Gasteiger partial charge on any atom is -0.345 e. The van der Waals surface area contributed by atoms with Gasteiger partial charge in [0.25, 0.3) is 0 Å². The van der Waals surface area contributed by atoms with Crippen LogP contribution in [0.15, 0.2) is 24.3 Å². The second kappa shape index (κ2) is 7.67. The molecular weight excluding hydrogens is 425 g/mol. The van der Waals surface area contributed by atoms with Crippen LogP contribution in [0.3, 0.4) is 0 Å². The van der Waals surface area contributed by atoms with Crippen LogP contribution in [0, 0.1) is 23.7 Å². The Morgan fingerprint density at radius 2 is 1.75 bits per heavy atom. The third-order valence-electron chi connectivity index (χ3n) is 8.14. The maximum Gasteiger partial charge on any atom is 0.416 e. The van der Waals surface area contributed by atoms with Crippen molar-refractivity contribution in [2.24, 2.45) is 23.7 Å². The summed E-state index contributed by atoms with van der Waals surface area (Å²) in [5, 5.41) is 0. The van der Waals surface area contributed by atoms with Crippen molar-refractivity contribution in [1.82, 2.24) is 0 Å². The molecule has 6 rings (SSSR count). The van der Waals surface area contributed by atoms with Crippen molar-refractivity contribution in [2.75, 3.05) is 0 Å². The summed E-state index contributed by atoms with van der Waals surface area (Å²) in [4.78, 5) is 11.9. The Morgan fingerprint density at radius 3 is 2.44 bits per heavy atom. The molecule has 4 aliphatic heterocycles. The average Bonchev–Trinajstić information content (AvgIpc) is 2.97. The summed E-state index contributed by atoms with van der Waals surface area (Å²) in [6.07, 6.45) is -2.23. The fourth-order valence-electron chi connectivity index (χ4n) is 6.25. The molecule has 0 aromatic heterocycles. The van der Waals surface area contributed by atoms with E-state index in [4.69, 9.17) is 24.0 Å². The molecule has 1 aliphatic carbocycles. The first-order valence-corrected chi connectivity index (χ1v) is 11.6. The number of ether oxygens (including phenoxy) is 3. The summed E-state index contributed by atoms with van der Waals surface area (Å²) in [6, 6.07) is 5.09. The van der Waals surface area contributed by atoms with Crippen LogP contribution in [0.5, 0.6) is 0 Å². The number of fused-ring (bicyclic) bond motifs is 2. The molecule has 0 N–H and O–H groups in total. The molecule has 2 bridgehead atoms. The quantitative estimate of drug-likeness (QED) is 0.523. The lowest BCUT2D eigenvalue weighted by Crippen LogP contribution is -2.70. The van der Waals surface area contributed by atoms with Crippen LogP contribution < -0.4 is 0 Å². The van der Waals surface area contributed by atoms with E-state index >= 15 is 0 Å². The standard InChI is InChI=1S/C24H31F3O5/c1-13-5-10-19-14(2)20(28-15(3)16-6-8-17(9-7-16)24(25,26)27)29-21-23(19)18(13)11-12-22(4,30-21)31-32-23/h6-9,13-15,18-21H,5,10-12H2,1-4H3/t13-,14-,15-,18+,19+,20+,21-,22?,23-/m1/s1. The monoisotopic (exact) mass is 456 g/mol. The highest BCUT2D eigenvalue weighted by atomic mass is 19.4. The van der Waals surface area contributed by atoms with E-state index in [-0.39, 0.29) is 17.8 Å². The normalized spacial score (nSPS) is 44.6. The number of alkyl halides is 3. The van der Waals surface area contributed by atoms with Gasteiger partial charge in [-0.2, -0.15) is 13.2 Å². The van der Waals surface area contributed by atoms with E-state index in [0.717, 1.165) is 37.8 Å². The summed E-state index contributed by atoms with van der Waals surface area (Å²) in [7, 11) is 0. The van der Waals surface area contributed by atoms with Gasteiger partial charge in [0.05, 0.1) is 11.7 Å². The second-order valence-corrected chi connectivity index (χ2v) is 10.2. The van der Waals surface area contributed by atoms with Gasteiger partial charge in [-0.25, -0.2) is 9.78 Å². The zero-order chi connectivity index (χ0) is 22.9. The van der Waals surface area contributed by atoms with Crippen LogP contribution >= 0.6 is 0 Å². The van der Waals surface area contributed by atoms with Gasteiger partial charge in [-0.1, -0.05) is 26.0 Å². The summed E-state index contributed by atoms with van der Waals surface area (Å²) >= 11 is 0. The van der Waals surface area contributed by atoms with Gasteiger partial charge >= 0.3 is 6.18 Å². The SMILES string of the molecule is C[C@H]1[C@@H](O[C@H](C)c2ccc(C(F)(F)F)cc2)O[C@@H]2OC3(C)CC[C@H]4[C@H](C)CC[C@@H]1[C@@]24OO3. The number of hydrogen-bond acceptors (Lipinski definition) is 5. The fraction of sp³-hybridized carbons (Fsp3) is 0.750. The Bertz CT molecular complexity index is 845. The first kappa shape index (κ1) is 22.6. The fourth-order valence-corrected chi connectivity index (χ4v) is 6.25. The predicted octanol–water partition coefficient (Wildman–Crippen LogP) is 5.99. The highest BCUT2D eigenvalue weighted by molar-refractivity contribution is 5.26.